The number of alkyl halides is 6. The van der Waals surface area contributed by atoms with Gasteiger partial charge in [-0.2, -0.15) is 26.3 Å². The summed E-state index contributed by atoms with van der Waals surface area (Å²) < 4.78 is 124. The van der Waals surface area contributed by atoms with Gasteiger partial charge in [0, 0.05) is 41.6 Å². The quantitative estimate of drug-likeness (QED) is 0.0627. The van der Waals surface area contributed by atoms with Crippen LogP contribution in [0.25, 0.3) is 0 Å². The van der Waals surface area contributed by atoms with Crippen molar-refractivity contribution >= 4 is 55.5 Å². The molecule has 3 unspecified atom stereocenters. The molecule has 1 aromatic carbocycles. The SMILES string of the molecule is C=C(C)C(=O)OCCC[Si](O)(OCC)O[Si](OC(=O)C(F)(F)F)(O[Si](CCCOC(=O)C(=C)C)(OCC)OC(=O)C(F)(F)F)c1ccccc1. The van der Waals surface area contributed by atoms with Crippen LogP contribution in [0, 0.1) is 0 Å². The summed E-state index contributed by atoms with van der Waals surface area (Å²) in [6.45, 7) is 10.2. The molecule has 22 heteroatoms. The van der Waals surface area contributed by atoms with Crippen molar-refractivity contribution in [3.8, 4) is 0 Å². The highest BCUT2D eigenvalue weighted by molar-refractivity contribution is 6.89. The lowest BCUT2D eigenvalue weighted by Crippen LogP contribution is -2.70. The summed E-state index contributed by atoms with van der Waals surface area (Å²) in [7, 11) is -16.2. The smallest absolute Gasteiger partial charge is 0.467 e. The van der Waals surface area contributed by atoms with Gasteiger partial charge in [-0.3, -0.25) is 0 Å². The Morgan fingerprint density at radius 3 is 1.62 bits per heavy atom. The fourth-order valence-corrected chi connectivity index (χ4v) is 14.3. The molecule has 0 radical (unpaired) electrons. The predicted octanol–water partition coefficient (Wildman–Crippen LogP) is 4.04. The summed E-state index contributed by atoms with van der Waals surface area (Å²) in [6, 6.07) is 4.41. The molecule has 13 nitrogen and oxygen atoms in total. The molecule has 0 amide bonds. The third kappa shape index (κ3) is 14.5. The number of hydrogen-bond donors (Lipinski definition) is 1. The molecule has 0 bridgehead atoms. The lowest BCUT2D eigenvalue weighted by atomic mass is 10.4. The maximum absolute atomic E-state index is 13.8. The van der Waals surface area contributed by atoms with Crippen LogP contribution in [-0.4, -0.2) is 93.9 Å². The fourth-order valence-electron chi connectivity index (χ4n) is 3.69. The van der Waals surface area contributed by atoms with Crippen molar-refractivity contribution in [3.05, 3.63) is 54.6 Å². The number of hydrogen-bond acceptors (Lipinski definition) is 13. The minimum Gasteiger partial charge on any atom is -0.467 e. The average molecular weight is 781 g/mol. The highest BCUT2D eigenvalue weighted by Crippen LogP contribution is 2.32. The largest absolute Gasteiger partial charge is 0.591 e. The van der Waals surface area contributed by atoms with Crippen molar-refractivity contribution in [2.24, 2.45) is 0 Å². The first-order chi connectivity index (χ1) is 23.1. The predicted molar refractivity (Wildman–Crippen MR) is 166 cm³/mol. The van der Waals surface area contributed by atoms with E-state index in [1.165, 1.54) is 45.9 Å². The first-order valence-electron chi connectivity index (χ1n) is 14.8. The number of ether oxygens (including phenoxy) is 2. The maximum atomic E-state index is 13.8. The van der Waals surface area contributed by atoms with Crippen LogP contribution >= 0.6 is 0 Å². The van der Waals surface area contributed by atoms with Crippen LogP contribution in [-0.2, 0) is 54.6 Å². The molecule has 1 rings (SSSR count). The molecule has 0 saturated heterocycles. The zero-order valence-corrected chi connectivity index (χ0v) is 30.6. The molecule has 1 N–H and O–H groups in total. The summed E-state index contributed by atoms with van der Waals surface area (Å²) in [5, 5.41) is -0.523. The van der Waals surface area contributed by atoms with Gasteiger partial charge in [0.05, 0.1) is 13.2 Å². The number of carbonyl (C=O) groups excluding carboxylic acids is 4. The second kappa shape index (κ2) is 19.3. The molecular weight excluding hydrogens is 743 g/mol. The highest BCUT2D eigenvalue weighted by atomic mass is 28.5. The molecule has 0 aromatic heterocycles. The summed E-state index contributed by atoms with van der Waals surface area (Å²) in [5.74, 6) is -7.55. The van der Waals surface area contributed by atoms with E-state index in [0.717, 1.165) is 12.1 Å². The van der Waals surface area contributed by atoms with Crippen molar-refractivity contribution in [1.29, 1.82) is 0 Å². The number of benzene rings is 1. The van der Waals surface area contributed by atoms with Gasteiger partial charge < -0.3 is 40.2 Å². The summed E-state index contributed by atoms with van der Waals surface area (Å²) in [5.41, 5.74) is -0.0165. The Bertz CT molecular complexity index is 1350. The van der Waals surface area contributed by atoms with E-state index in [-0.39, 0.29) is 30.8 Å². The van der Waals surface area contributed by atoms with Gasteiger partial charge in [0.1, 0.15) is 0 Å². The Morgan fingerprint density at radius 1 is 0.720 bits per heavy atom. The van der Waals surface area contributed by atoms with E-state index in [9.17, 15) is 50.3 Å². The number of esters is 2. The number of rotatable bonds is 21. The zero-order valence-electron chi connectivity index (χ0n) is 27.6. The van der Waals surface area contributed by atoms with Crippen LogP contribution in [0.1, 0.15) is 40.5 Å². The van der Waals surface area contributed by atoms with Crippen molar-refractivity contribution < 1.29 is 85.7 Å². The topological polar surface area (TPSA) is 162 Å². The van der Waals surface area contributed by atoms with Crippen molar-refractivity contribution in [2.45, 2.75) is 65.0 Å². The van der Waals surface area contributed by atoms with Gasteiger partial charge >= 0.3 is 62.6 Å². The van der Waals surface area contributed by atoms with E-state index in [1.807, 2.05) is 0 Å². The van der Waals surface area contributed by atoms with Crippen LogP contribution in [0.3, 0.4) is 0 Å². The molecule has 0 saturated carbocycles. The van der Waals surface area contributed by atoms with Gasteiger partial charge in [-0.1, -0.05) is 43.5 Å². The lowest BCUT2D eigenvalue weighted by molar-refractivity contribution is -0.196. The Labute approximate surface area is 287 Å². The molecular formula is C28H38F6O13Si3. The maximum Gasteiger partial charge on any atom is 0.591 e. The van der Waals surface area contributed by atoms with Crippen LogP contribution in [0.4, 0.5) is 26.3 Å². The molecule has 0 aliphatic rings. The fraction of sp³-hybridized carbons (Fsp3) is 0.500. The Morgan fingerprint density at radius 2 is 1.18 bits per heavy atom. The van der Waals surface area contributed by atoms with Crippen molar-refractivity contribution in [1.82, 2.24) is 0 Å². The lowest BCUT2D eigenvalue weighted by Gasteiger charge is -2.40. The third-order valence-corrected chi connectivity index (χ3v) is 15.9. The molecule has 0 aliphatic heterocycles. The van der Waals surface area contributed by atoms with Gasteiger partial charge in [-0.15, -0.1) is 0 Å². The molecule has 3 atom stereocenters. The van der Waals surface area contributed by atoms with Crippen LogP contribution in [0.15, 0.2) is 54.6 Å². The molecule has 0 aliphatic carbocycles. The monoisotopic (exact) mass is 780 g/mol. The van der Waals surface area contributed by atoms with Gasteiger partial charge in [-0.25, -0.2) is 19.2 Å². The van der Waals surface area contributed by atoms with E-state index < -0.39 is 99.6 Å². The Kier molecular flexibility index (Phi) is 17.2. The highest BCUT2D eigenvalue weighted by Gasteiger charge is 2.66. The molecule has 0 spiro atoms. The average Bonchev–Trinajstić information content (AvgIpc) is 3.00. The van der Waals surface area contributed by atoms with Crippen molar-refractivity contribution in [3.63, 3.8) is 0 Å². The third-order valence-electron chi connectivity index (χ3n) is 5.81. The van der Waals surface area contributed by atoms with Gasteiger partial charge in [-0.05, 0) is 40.5 Å². The second-order valence-corrected chi connectivity index (χ2v) is 18.3. The van der Waals surface area contributed by atoms with Gasteiger partial charge in [0.25, 0.3) is 0 Å². The molecule has 282 valence electrons. The Balaban J connectivity index is 3.95. The van der Waals surface area contributed by atoms with Crippen molar-refractivity contribution in [2.75, 3.05) is 26.4 Å². The van der Waals surface area contributed by atoms with Crippen LogP contribution in [0.5, 0.6) is 0 Å². The minimum absolute atomic E-state index is 0.0292. The summed E-state index contributed by atoms with van der Waals surface area (Å²) in [4.78, 5) is 60.0. The molecule has 0 heterocycles. The van der Waals surface area contributed by atoms with Gasteiger partial charge in [0.15, 0.2) is 0 Å². The first-order valence-corrected chi connectivity index (χ1v) is 20.4. The zero-order chi connectivity index (χ0) is 38.4. The van der Waals surface area contributed by atoms with E-state index in [2.05, 4.69) is 13.2 Å². The minimum atomic E-state index is -5.85. The normalized spacial score (nSPS) is 15.4. The van der Waals surface area contributed by atoms with E-state index in [4.69, 9.17) is 35.4 Å². The van der Waals surface area contributed by atoms with Crippen LogP contribution in [0.2, 0.25) is 12.1 Å². The standard InChI is InChI=1S/C28H38F6O13Si3/c1-7-42-48(39,18-12-16-40-23(35)20(3)4)46-50(22-14-10-9-11-15-22,45-26(38)28(32,33)34)47-49(43-8-2,44-25(37)27(29,30)31)19-13-17-41-24(36)21(5)6/h9-11,14-15,39H,3,5,7-8,12-13,16-19H2,1-2,4,6H3. The van der Waals surface area contributed by atoms with E-state index >= 15 is 0 Å². The Hall–Kier alpha value is -3.39. The first kappa shape index (κ1) is 44.6. The number of halogens is 6. The van der Waals surface area contributed by atoms with Gasteiger partial charge in [0.2, 0.25) is 0 Å². The number of carbonyl (C=O) groups is 4. The molecule has 1 aromatic rings. The summed E-state index contributed by atoms with van der Waals surface area (Å²) in [6.07, 6.45) is -12.2. The van der Waals surface area contributed by atoms with E-state index in [1.54, 1.807) is 0 Å². The molecule has 50 heavy (non-hydrogen) atoms. The summed E-state index contributed by atoms with van der Waals surface area (Å²) >= 11 is 0. The second-order valence-electron chi connectivity index (χ2n) is 10.2. The van der Waals surface area contributed by atoms with E-state index in [0.29, 0.717) is 0 Å². The van der Waals surface area contributed by atoms with Crippen LogP contribution < -0.4 is 5.19 Å². The molecule has 0 fully saturated rings.